The molecule has 0 aliphatic rings. The quantitative estimate of drug-likeness (QED) is 0.0811. The predicted molar refractivity (Wildman–Crippen MR) is 151 cm³/mol. The van der Waals surface area contributed by atoms with E-state index in [1.807, 2.05) is 0 Å². The molecular formula is C30H63O2P. The van der Waals surface area contributed by atoms with E-state index in [0.717, 1.165) is 38.2 Å². The Hall–Kier alpha value is 0.190. The first-order chi connectivity index (χ1) is 16.2. The molecule has 0 N–H and O–H groups in total. The molecule has 0 saturated heterocycles. The van der Waals surface area contributed by atoms with Crippen molar-refractivity contribution in [3.63, 3.8) is 0 Å². The zero-order valence-corrected chi connectivity index (χ0v) is 24.3. The van der Waals surface area contributed by atoms with Crippen LogP contribution in [0.3, 0.4) is 0 Å². The van der Waals surface area contributed by atoms with Crippen molar-refractivity contribution in [3.8, 4) is 0 Å². The van der Waals surface area contributed by atoms with Crippen LogP contribution in [-0.4, -0.2) is 18.9 Å². The number of rotatable bonds is 28. The van der Waals surface area contributed by atoms with E-state index in [2.05, 4.69) is 20.8 Å². The fraction of sp³-hybridized carbons (Fsp3) is 1.00. The molecule has 0 aromatic rings. The van der Waals surface area contributed by atoms with E-state index >= 15 is 0 Å². The van der Waals surface area contributed by atoms with Gasteiger partial charge in [0, 0.05) is 12.3 Å². The summed E-state index contributed by atoms with van der Waals surface area (Å²) in [5.41, 5.74) is 0. The molecule has 0 aliphatic heterocycles. The van der Waals surface area contributed by atoms with Gasteiger partial charge in [-0.1, -0.05) is 156 Å². The molecule has 0 spiro atoms. The van der Waals surface area contributed by atoms with Gasteiger partial charge in [0.25, 0.3) is 0 Å². The molecule has 0 aromatic carbocycles. The van der Waals surface area contributed by atoms with E-state index in [9.17, 15) is 4.57 Å². The van der Waals surface area contributed by atoms with Crippen molar-refractivity contribution in [2.75, 3.05) is 18.9 Å². The third kappa shape index (κ3) is 25.1. The van der Waals surface area contributed by atoms with E-state index in [4.69, 9.17) is 4.52 Å². The molecule has 0 amide bonds. The first-order valence-electron chi connectivity index (χ1n) is 15.4. The van der Waals surface area contributed by atoms with Gasteiger partial charge in [-0.2, -0.15) is 0 Å². The summed E-state index contributed by atoms with van der Waals surface area (Å²) in [4.78, 5) is 0. The average molecular weight is 487 g/mol. The summed E-state index contributed by atoms with van der Waals surface area (Å²) in [6.45, 7) is 7.55. The minimum absolute atomic E-state index is 0.722. The highest BCUT2D eigenvalue weighted by Crippen LogP contribution is 2.49. The Labute approximate surface area is 210 Å². The molecule has 0 bridgehead atoms. The molecule has 0 radical (unpaired) electrons. The Bertz CT molecular complexity index is 386. The fourth-order valence-electron chi connectivity index (χ4n) is 4.68. The summed E-state index contributed by atoms with van der Waals surface area (Å²) >= 11 is 0. The number of unbranched alkanes of at least 4 members (excludes halogenated alkanes) is 21. The molecule has 0 aromatic heterocycles. The van der Waals surface area contributed by atoms with Crippen LogP contribution in [0.15, 0.2) is 0 Å². The van der Waals surface area contributed by atoms with Gasteiger partial charge in [0.15, 0.2) is 0 Å². The van der Waals surface area contributed by atoms with Gasteiger partial charge in [-0.25, -0.2) is 0 Å². The minimum Gasteiger partial charge on any atom is -0.328 e. The predicted octanol–water partition coefficient (Wildman–Crippen LogP) is 11.7. The number of hydrogen-bond donors (Lipinski definition) is 0. The maximum atomic E-state index is 13.5. The van der Waals surface area contributed by atoms with Crippen LogP contribution in [0, 0.1) is 0 Å². The Morgan fingerprint density at radius 3 is 1.00 bits per heavy atom. The van der Waals surface area contributed by atoms with Crippen molar-refractivity contribution in [1.82, 2.24) is 0 Å². The summed E-state index contributed by atoms with van der Waals surface area (Å²) < 4.78 is 19.7. The van der Waals surface area contributed by atoms with Crippen molar-refractivity contribution in [3.05, 3.63) is 0 Å². The van der Waals surface area contributed by atoms with Gasteiger partial charge in [0.1, 0.15) is 0 Å². The lowest BCUT2D eigenvalue weighted by molar-refractivity contribution is 0.299. The summed E-state index contributed by atoms with van der Waals surface area (Å²) in [7, 11) is -2.42. The largest absolute Gasteiger partial charge is 0.328 e. The standard InChI is InChI=1S/C30H63O2P/c1-4-7-10-13-16-19-22-25-28-32-33(31,29-26-23-20-17-14-11-8-5-2)30-27-24-21-18-15-12-9-6-3/h4-30H2,1-3H3. The summed E-state index contributed by atoms with van der Waals surface area (Å²) in [5, 5.41) is 0. The monoisotopic (exact) mass is 486 g/mol. The number of hydrogen-bond acceptors (Lipinski definition) is 2. The van der Waals surface area contributed by atoms with Crippen LogP contribution in [0.4, 0.5) is 0 Å². The van der Waals surface area contributed by atoms with E-state index in [1.165, 1.54) is 135 Å². The van der Waals surface area contributed by atoms with Gasteiger partial charge in [-0.05, 0) is 19.3 Å². The maximum Gasteiger partial charge on any atom is 0.203 e. The van der Waals surface area contributed by atoms with Crippen LogP contribution < -0.4 is 0 Å². The first-order valence-corrected chi connectivity index (χ1v) is 17.4. The third-order valence-electron chi connectivity index (χ3n) is 7.03. The van der Waals surface area contributed by atoms with Gasteiger partial charge in [0.2, 0.25) is 7.37 Å². The van der Waals surface area contributed by atoms with Gasteiger partial charge < -0.3 is 4.52 Å². The second kappa shape index (κ2) is 26.8. The molecule has 2 nitrogen and oxygen atoms in total. The van der Waals surface area contributed by atoms with E-state index in [-0.39, 0.29) is 0 Å². The molecule has 3 heteroatoms. The molecule has 0 rings (SSSR count). The molecule has 0 saturated carbocycles. The summed E-state index contributed by atoms with van der Waals surface area (Å²) in [6.07, 6.45) is 33.0. The van der Waals surface area contributed by atoms with E-state index in [0.29, 0.717) is 0 Å². The second-order valence-corrected chi connectivity index (χ2v) is 13.3. The van der Waals surface area contributed by atoms with Crippen LogP contribution >= 0.6 is 7.37 Å². The lowest BCUT2D eigenvalue weighted by atomic mass is 10.1. The van der Waals surface area contributed by atoms with E-state index < -0.39 is 7.37 Å². The lowest BCUT2D eigenvalue weighted by Crippen LogP contribution is -2.03. The molecule has 33 heavy (non-hydrogen) atoms. The van der Waals surface area contributed by atoms with Gasteiger partial charge >= 0.3 is 0 Å². The van der Waals surface area contributed by atoms with Crippen molar-refractivity contribution in [2.24, 2.45) is 0 Å². The van der Waals surface area contributed by atoms with Gasteiger partial charge in [-0.3, -0.25) is 4.57 Å². The van der Waals surface area contributed by atoms with Crippen molar-refractivity contribution in [1.29, 1.82) is 0 Å². The van der Waals surface area contributed by atoms with Crippen molar-refractivity contribution < 1.29 is 9.09 Å². The highest BCUT2D eigenvalue weighted by molar-refractivity contribution is 7.58. The molecule has 0 heterocycles. The van der Waals surface area contributed by atoms with Gasteiger partial charge in [0.05, 0.1) is 6.61 Å². The average Bonchev–Trinajstić information content (AvgIpc) is 2.81. The Morgan fingerprint density at radius 1 is 0.394 bits per heavy atom. The first kappa shape index (κ1) is 33.2. The lowest BCUT2D eigenvalue weighted by Gasteiger charge is -2.19. The highest BCUT2D eigenvalue weighted by Gasteiger charge is 2.21. The molecule has 0 aliphatic carbocycles. The molecule has 200 valence electrons. The molecular weight excluding hydrogens is 423 g/mol. The Balaban J connectivity index is 4.06. The smallest absolute Gasteiger partial charge is 0.203 e. The normalized spacial score (nSPS) is 12.0. The zero-order valence-electron chi connectivity index (χ0n) is 23.4. The van der Waals surface area contributed by atoms with Crippen molar-refractivity contribution >= 4 is 7.37 Å². The topological polar surface area (TPSA) is 26.3 Å². The summed E-state index contributed by atoms with van der Waals surface area (Å²) in [6, 6.07) is 0. The minimum atomic E-state index is -2.42. The van der Waals surface area contributed by atoms with Crippen LogP contribution in [0.2, 0.25) is 0 Å². The molecule has 0 unspecified atom stereocenters. The van der Waals surface area contributed by atoms with Crippen LogP contribution in [0.1, 0.15) is 175 Å². The molecule has 0 atom stereocenters. The third-order valence-corrected chi connectivity index (χ3v) is 9.68. The zero-order chi connectivity index (χ0) is 24.3. The SMILES string of the molecule is CCCCCCCCCCOP(=O)(CCCCCCCCCC)CCCCCCCCCC. The van der Waals surface area contributed by atoms with Crippen LogP contribution in [0.25, 0.3) is 0 Å². The van der Waals surface area contributed by atoms with Crippen molar-refractivity contribution in [2.45, 2.75) is 175 Å². The van der Waals surface area contributed by atoms with E-state index in [1.54, 1.807) is 0 Å². The molecule has 0 fully saturated rings. The maximum absolute atomic E-state index is 13.5. The van der Waals surface area contributed by atoms with Gasteiger partial charge in [-0.15, -0.1) is 0 Å². The van der Waals surface area contributed by atoms with Crippen LogP contribution in [-0.2, 0) is 9.09 Å². The Morgan fingerprint density at radius 2 is 0.667 bits per heavy atom. The Kier molecular flexibility index (Phi) is 26.9. The highest BCUT2D eigenvalue weighted by atomic mass is 31.2. The van der Waals surface area contributed by atoms with Crippen LogP contribution in [0.5, 0.6) is 0 Å². The fourth-order valence-corrected chi connectivity index (χ4v) is 7.04. The second-order valence-electron chi connectivity index (χ2n) is 10.5. The summed E-state index contributed by atoms with van der Waals surface area (Å²) in [5.74, 6) is 0.